The van der Waals surface area contributed by atoms with Crippen LogP contribution in [0.15, 0.2) is 60.7 Å². The number of ether oxygens (including phenoxy) is 2. The lowest BCUT2D eigenvalue weighted by Crippen LogP contribution is -2.71. The van der Waals surface area contributed by atoms with Crippen molar-refractivity contribution >= 4 is 52.8 Å². The quantitative estimate of drug-likeness (QED) is 0.0751. The number of carbonyl (C=O) groups is 1. The van der Waals surface area contributed by atoms with Gasteiger partial charge in [-0.15, -0.1) is 11.3 Å². The fourth-order valence-corrected chi connectivity index (χ4v) is 16.0. The Kier molecular flexibility index (Phi) is 12.4. The van der Waals surface area contributed by atoms with Crippen molar-refractivity contribution in [2.75, 3.05) is 50.5 Å². The van der Waals surface area contributed by atoms with Crippen molar-refractivity contribution in [1.29, 1.82) is 10.7 Å². The maximum Gasteiger partial charge on any atom is 0.342 e. The number of likely N-dealkylation sites (N-methyl/N-ethyl adjacent to an activating group) is 1. The average Bonchev–Trinajstić information content (AvgIpc) is 4.03. The second kappa shape index (κ2) is 17.5. The normalized spacial score (nSPS) is 24.8. The van der Waals surface area contributed by atoms with E-state index in [0.717, 1.165) is 28.1 Å². The van der Waals surface area contributed by atoms with Crippen molar-refractivity contribution in [2.24, 2.45) is 5.92 Å². The van der Waals surface area contributed by atoms with Crippen molar-refractivity contribution in [3.05, 3.63) is 82.5 Å². The molecule has 4 aromatic rings. The number of aromatic nitrogens is 3. The molecule has 2 aromatic heterocycles. The number of nitriles is 1. The first-order valence-electron chi connectivity index (χ1n) is 21.9. The first-order valence-corrected chi connectivity index (χ1v) is 24.6. The smallest absolute Gasteiger partial charge is 0.342 e. The number of hydrogen-bond donors (Lipinski definition) is 3. The summed E-state index contributed by atoms with van der Waals surface area (Å²) in [6, 6.07) is 23.0. The van der Waals surface area contributed by atoms with Gasteiger partial charge in [0.2, 0.25) is 11.8 Å². The van der Waals surface area contributed by atoms with E-state index in [0.29, 0.717) is 69.1 Å². The number of thiophene rings is 1. The predicted molar refractivity (Wildman–Crippen MR) is 243 cm³/mol. The average molecular weight is 896 g/mol. The number of halogens is 1. The zero-order valence-electron chi connectivity index (χ0n) is 36.9. The SMILES string of the molecule is C[C@H](Oc1nc(C(=N)NOC(=O)[C@@]2(C)CCCc3sc(N)c(C#N)c32)nc(N2CCOC[C@@](O[Si](c3ccccc3)(c3ccccc3)C(C)(C)C)(C3CC3)C2)n1)[C@@H]1C[C@@H](F)CN1C. The minimum atomic E-state index is -3.08. The number of alkyl halides is 1. The minimum absolute atomic E-state index is 0.0533. The number of nitrogens with two attached hydrogens (primary N) is 1. The van der Waals surface area contributed by atoms with Crippen LogP contribution in [0.1, 0.15) is 88.6 Å². The number of amidine groups is 1. The molecule has 3 fully saturated rings. The molecule has 2 aromatic carbocycles. The molecule has 2 aliphatic carbocycles. The summed E-state index contributed by atoms with van der Waals surface area (Å²) in [6.45, 7) is 12.2. The number of aryl methyl sites for hydroxylation is 1. The largest absolute Gasteiger partial charge is 0.459 e. The Morgan fingerprint density at radius 2 is 1.81 bits per heavy atom. The lowest BCUT2D eigenvalue weighted by atomic mass is 9.72. The highest BCUT2D eigenvalue weighted by Crippen LogP contribution is 2.49. The van der Waals surface area contributed by atoms with Crippen LogP contribution in [0.25, 0.3) is 0 Å². The maximum absolute atomic E-state index is 14.6. The Balaban J connectivity index is 1.14. The van der Waals surface area contributed by atoms with Gasteiger partial charge in [-0.25, -0.2) is 9.18 Å². The molecule has 14 nitrogen and oxygen atoms in total. The molecule has 4 aliphatic rings. The van der Waals surface area contributed by atoms with E-state index in [1.165, 1.54) is 11.3 Å². The van der Waals surface area contributed by atoms with E-state index in [2.05, 4.69) is 85.8 Å². The molecule has 0 radical (unpaired) electrons. The zero-order valence-corrected chi connectivity index (χ0v) is 38.8. The predicted octanol–water partition coefficient (Wildman–Crippen LogP) is 5.43. The number of nitrogens with one attached hydrogen (secondary N) is 2. The molecule has 1 saturated carbocycles. The number of carbonyl (C=O) groups excluding carboxylic acids is 1. The van der Waals surface area contributed by atoms with Gasteiger partial charge >= 0.3 is 12.0 Å². The molecule has 2 saturated heterocycles. The van der Waals surface area contributed by atoms with Crippen LogP contribution in [0, 0.1) is 22.7 Å². The Bertz CT molecular complexity index is 2320. The van der Waals surface area contributed by atoms with Gasteiger partial charge in [-0.05, 0) is 80.7 Å². The van der Waals surface area contributed by atoms with Crippen LogP contribution in [0.2, 0.25) is 5.04 Å². The van der Waals surface area contributed by atoms with Gasteiger partial charge in [0.05, 0.1) is 30.7 Å². The molecule has 4 N–H and O–H groups in total. The van der Waals surface area contributed by atoms with Gasteiger partial charge in [0.1, 0.15) is 28.9 Å². The molecular weight excluding hydrogens is 838 g/mol. The van der Waals surface area contributed by atoms with Crippen molar-refractivity contribution in [3.8, 4) is 12.1 Å². The first-order chi connectivity index (χ1) is 30.1. The topological polar surface area (TPSA) is 185 Å². The van der Waals surface area contributed by atoms with E-state index < -0.39 is 43.4 Å². The van der Waals surface area contributed by atoms with Crippen LogP contribution in [-0.2, 0) is 30.6 Å². The number of hydroxylamine groups is 1. The fraction of sp³-hybridized carbons (Fsp3) is 0.522. The number of nitrogen functional groups attached to an aromatic ring is 1. The molecule has 8 rings (SSSR count). The van der Waals surface area contributed by atoms with Gasteiger partial charge in [0.25, 0.3) is 8.32 Å². The zero-order chi connectivity index (χ0) is 44.7. The summed E-state index contributed by atoms with van der Waals surface area (Å²) >= 11 is 1.32. The molecule has 63 heavy (non-hydrogen) atoms. The summed E-state index contributed by atoms with van der Waals surface area (Å²) in [4.78, 5) is 38.7. The van der Waals surface area contributed by atoms with Gasteiger partial charge in [0.15, 0.2) is 5.84 Å². The first kappa shape index (κ1) is 44.6. The second-order valence-corrected chi connectivity index (χ2v) is 24.1. The molecule has 4 heterocycles. The molecule has 2 aliphatic heterocycles. The molecule has 5 atom stereocenters. The highest BCUT2D eigenvalue weighted by Gasteiger charge is 2.59. The maximum atomic E-state index is 14.6. The van der Waals surface area contributed by atoms with Crippen LogP contribution < -0.4 is 31.2 Å². The van der Waals surface area contributed by atoms with Crippen molar-refractivity contribution in [1.82, 2.24) is 25.3 Å². The molecule has 0 spiro atoms. The van der Waals surface area contributed by atoms with E-state index in [1.54, 1.807) is 6.92 Å². The highest BCUT2D eigenvalue weighted by atomic mass is 32.1. The van der Waals surface area contributed by atoms with Gasteiger partial charge in [-0.3, -0.25) is 10.3 Å². The van der Waals surface area contributed by atoms with Gasteiger partial charge in [-0.2, -0.15) is 25.7 Å². The summed E-state index contributed by atoms with van der Waals surface area (Å²) in [5.41, 5.74) is 7.64. The molecule has 0 unspecified atom stereocenters. The number of anilines is 2. The van der Waals surface area contributed by atoms with E-state index in [1.807, 2.05) is 35.9 Å². The third kappa shape index (κ3) is 8.55. The monoisotopic (exact) mass is 895 g/mol. The van der Waals surface area contributed by atoms with Gasteiger partial charge in [-0.1, -0.05) is 81.4 Å². The number of likely N-dealkylation sites (tertiary alicyclic amines) is 1. The van der Waals surface area contributed by atoms with E-state index >= 15 is 0 Å². The Morgan fingerprint density at radius 1 is 1.13 bits per heavy atom. The second-order valence-electron chi connectivity index (χ2n) is 18.8. The number of fused-ring (bicyclic) bond motifs is 1. The van der Waals surface area contributed by atoms with Crippen LogP contribution in [0.5, 0.6) is 6.01 Å². The standard InChI is InChI=1S/C46H58FN9O5SSi/c1-29(35-24-31(47)26-55(35)6)59-43-52-40(38(49)54-60-41(57)45(5)21-13-18-36-37(45)34(25-48)39(50)62-36)51-42(53-43)56-22-23-58-28-46(27-56,30-19-20-30)61-63(44(2,3)4,32-14-9-7-10-15-32)33-16-11-8-12-17-33/h7-12,14-17,29-31,35H,13,18-24,26-28,50H2,1-6H3,(H2,49,54)/t29-,31+,35-,45-,46+/m0/s1. The van der Waals surface area contributed by atoms with E-state index in [9.17, 15) is 14.4 Å². The molecular formula is C46H58FN9O5SSi. The van der Waals surface area contributed by atoms with Crippen LogP contribution in [-0.4, -0.2) is 104 Å². The lowest BCUT2D eigenvalue weighted by molar-refractivity contribution is -0.155. The number of hydrogen-bond acceptors (Lipinski definition) is 14. The van der Waals surface area contributed by atoms with Crippen molar-refractivity contribution in [3.63, 3.8) is 0 Å². The molecule has 334 valence electrons. The molecule has 0 bridgehead atoms. The lowest BCUT2D eigenvalue weighted by Gasteiger charge is -2.50. The summed E-state index contributed by atoms with van der Waals surface area (Å²) in [7, 11) is -1.22. The number of nitrogens with zero attached hydrogens (tertiary/aromatic N) is 6. The van der Waals surface area contributed by atoms with Gasteiger partial charge < -0.3 is 29.4 Å². The fourth-order valence-electron chi connectivity index (χ4n) is 9.96. The van der Waals surface area contributed by atoms with Crippen LogP contribution in [0.3, 0.4) is 0 Å². The summed E-state index contributed by atoms with van der Waals surface area (Å²) in [6.07, 6.45) is 2.61. The third-order valence-electron chi connectivity index (χ3n) is 13.3. The van der Waals surface area contributed by atoms with E-state index in [4.69, 9.17) is 39.8 Å². The Morgan fingerprint density at radius 3 is 2.41 bits per heavy atom. The highest BCUT2D eigenvalue weighted by molar-refractivity contribution is 7.16. The van der Waals surface area contributed by atoms with E-state index in [-0.39, 0.29) is 40.3 Å². The summed E-state index contributed by atoms with van der Waals surface area (Å²) < 4.78 is 35.5. The van der Waals surface area contributed by atoms with Crippen molar-refractivity contribution in [2.45, 2.75) is 108 Å². The summed E-state index contributed by atoms with van der Waals surface area (Å²) in [5.74, 6) is -0.753. The third-order valence-corrected chi connectivity index (χ3v) is 19.5. The summed E-state index contributed by atoms with van der Waals surface area (Å²) in [5, 5.41) is 21.5. The van der Waals surface area contributed by atoms with Gasteiger partial charge in [0, 0.05) is 29.6 Å². The van der Waals surface area contributed by atoms with Crippen molar-refractivity contribution < 1.29 is 27.9 Å². The van der Waals surface area contributed by atoms with Crippen LogP contribution in [0.4, 0.5) is 15.3 Å². The minimum Gasteiger partial charge on any atom is -0.459 e. The molecule has 17 heteroatoms. The molecule has 0 amide bonds. The Labute approximate surface area is 373 Å². The Hall–Kier alpha value is -4.99. The number of rotatable bonds is 11. The number of benzene rings is 2. The van der Waals surface area contributed by atoms with Crippen LogP contribution >= 0.6 is 11.3 Å².